The maximum Gasteiger partial charge on any atom is 0.0640 e. The van der Waals surface area contributed by atoms with E-state index in [1.807, 2.05) is 0 Å². The molecule has 0 bridgehead atoms. The molecule has 0 aliphatic carbocycles. The van der Waals surface area contributed by atoms with Crippen LogP contribution in [0.15, 0.2) is 188 Å². The minimum absolute atomic E-state index is 1.11. The quantitative estimate of drug-likeness (QED) is 0.162. The van der Waals surface area contributed by atoms with Crippen molar-refractivity contribution < 1.29 is 0 Å². The van der Waals surface area contributed by atoms with Gasteiger partial charge in [0.2, 0.25) is 0 Å². The molecule has 3 heteroatoms. The molecule has 0 amide bonds. The lowest BCUT2D eigenvalue weighted by Crippen LogP contribution is -2.13. The third kappa shape index (κ3) is 5.82. The number of rotatable bonds is 7. The SMILES string of the molecule is Cc1ccc(C)c(N(c2ccccc2)c2cc(-n3c4ccccc4c4c(N(c5ccccc5)c5cc(C)ccc5C)c5ccccc5cc43)cc3ccccc23)c1. The molecule has 10 aromatic rings. The zero-order valence-electron chi connectivity index (χ0n) is 32.7. The van der Waals surface area contributed by atoms with Gasteiger partial charge in [0.15, 0.2) is 0 Å². The van der Waals surface area contributed by atoms with E-state index < -0.39 is 0 Å². The Morgan fingerprint density at radius 3 is 1.53 bits per heavy atom. The molecule has 1 heterocycles. The van der Waals surface area contributed by atoms with Crippen LogP contribution in [0.2, 0.25) is 0 Å². The number of aryl methyl sites for hydroxylation is 4. The summed E-state index contributed by atoms with van der Waals surface area (Å²) in [7, 11) is 0. The van der Waals surface area contributed by atoms with Crippen LogP contribution in [0.1, 0.15) is 22.3 Å². The zero-order chi connectivity index (χ0) is 38.6. The van der Waals surface area contributed by atoms with Crippen LogP contribution >= 0.6 is 0 Å². The minimum atomic E-state index is 1.11. The molecule has 0 unspecified atom stereocenters. The number of nitrogens with zero attached hydrogens (tertiary/aromatic N) is 3. The minimum Gasteiger partial charge on any atom is -0.310 e. The maximum atomic E-state index is 2.50. The lowest BCUT2D eigenvalue weighted by Gasteiger charge is -2.30. The van der Waals surface area contributed by atoms with Gasteiger partial charge in [-0.1, -0.05) is 127 Å². The summed E-state index contributed by atoms with van der Waals surface area (Å²) in [5.74, 6) is 0. The highest BCUT2D eigenvalue weighted by molar-refractivity contribution is 6.24. The number of para-hydroxylation sites is 3. The summed E-state index contributed by atoms with van der Waals surface area (Å²) in [6.07, 6.45) is 0. The average molecular weight is 734 g/mol. The molecule has 0 fully saturated rings. The first kappa shape index (κ1) is 34.4. The van der Waals surface area contributed by atoms with Crippen molar-refractivity contribution >= 4 is 77.5 Å². The fourth-order valence-corrected chi connectivity index (χ4v) is 8.74. The summed E-state index contributed by atoms with van der Waals surface area (Å²) in [5, 5.41) is 7.22. The molecule has 0 radical (unpaired) electrons. The monoisotopic (exact) mass is 733 g/mol. The van der Waals surface area contributed by atoms with Crippen molar-refractivity contribution in [3.8, 4) is 5.69 Å². The summed E-state index contributed by atoms with van der Waals surface area (Å²) >= 11 is 0. The molecule has 0 saturated heterocycles. The van der Waals surface area contributed by atoms with Crippen LogP contribution < -0.4 is 9.80 Å². The Labute approximate surface area is 334 Å². The Morgan fingerprint density at radius 1 is 0.368 bits per heavy atom. The standard InChI is InChI=1S/C54H43N3/c1-36-27-29-38(3)49(31-36)55(42-19-7-5-8-20-42)51-35-44(33-40-17-11-13-23-45(40)51)56-48-26-16-15-25-47(48)53-52(56)34-41-18-12-14-24-46(41)54(53)57(43-21-9-6-10-22-43)50-32-37(2)28-30-39(50)4/h5-35H,1-4H3. The van der Waals surface area contributed by atoms with E-state index >= 15 is 0 Å². The molecule has 10 rings (SSSR count). The molecular formula is C54H43N3. The van der Waals surface area contributed by atoms with Crippen molar-refractivity contribution in [2.75, 3.05) is 9.80 Å². The van der Waals surface area contributed by atoms with Gasteiger partial charge in [0.05, 0.1) is 22.4 Å². The predicted molar refractivity (Wildman–Crippen MR) is 244 cm³/mol. The van der Waals surface area contributed by atoms with Crippen molar-refractivity contribution in [1.29, 1.82) is 0 Å². The van der Waals surface area contributed by atoms with E-state index in [1.165, 1.54) is 71.6 Å². The van der Waals surface area contributed by atoms with Crippen molar-refractivity contribution in [2.45, 2.75) is 27.7 Å². The predicted octanol–water partition coefficient (Wildman–Crippen LogP) is 15.3. The van der Waals surface area contributed by atoms with Crippen LogP contribution in [-0.2, 0) is 0 Å². The van der Waals surface area contributed by atoms with Gasteiger partial charge >= 0.3 is 0 Å². The molecule has 9 aromatic carbocycles. The average Bonchev–Trinajstić information content (AvgIpc) is 3.57. The van der Waals surface area contributed by atoms with Crippen molar-refractivity contribution in [3.63, 3.8) is 0 Å². The molecule has 0 aliphatic heterocycles. The van der Waals surface area contributed by atoms with Gasteiger partial charge in [0.25, 0.3) is 0 Å². The van der Waals surface area contributed by atoms with E-state index in [1.54, 1.807) is 0 Å². The number of aromatic nitrogens is 1. The molecule has 0 aliphatic rings. The molecule has 0 atom stereocenters. The van der Waals surface area contributed by atoms with E-state index in [2.05, 4.69) is 230 Å². The topological polar surface area (TPSA) is 11.4 Å². The second-order valence-electron chi connectivity index (χ2n) is 15.3. The van der Waals surface area contributed by atoms with E-state index in [0.29, 0.717) is 0 Å². The zero-order valence-corrected chi connectivity index (χ0v) is 32.7. The fraction of sp³-hybridized carbons (Fsp3) is 0.0741. The molecule has 0 spiro atoms. The van der Waals surface area contributed by atoms with Crippen LogP contribution in [0.25, 0.3) is 49.0 Å². The highest BCUT2D eigenvalue weighted by Crippen LogP contribution is 2.49. The summed E-state index contributed by atoms with van der Waals surface area (Å²) in [4.78, 5) is 4.94. The molecular weight excluding hydrogens is 691 g/mol. The smallest absolute Gasteiger partial charge is 0.0640 e. The van der Waals surface area contributed by atoms with E-state index in [9.17, 15) is 0 Å². The first-order valence-corrected chi connectivity index (χ1v) is 19.8. The van der Waals surface area contributed by atoms with Crippen molar-refractivity contribution in [2.24, 2.45) is 0 Å². The lowest BCUT2D eigenvalue weighted by atomic mass is 9.99. The van der Waals surface area contributed by atoms with Crippen molar-refractivity contribution in [1.82, 2.24) is 4.57 Å². The number of hydrogen-bond donors (Lipinski definition) is 0. The van der Waals surface area contributed by atoms with Crippen molar-refractivity contribution in [3.05, 3.63) is 210 Å². The highest BCUT2D eigenvalue weighted by Gasteiger charge is 2.26. The summed E-state index contributed by atoms with van der Waals surface area (Å²) < 4.78 is 2.50. The van der Waals surface area contributed by atoms with E-state index in [4.69, 9.17) is 0 Å². The lowest BCUT2D eigenvalue weighted by molar-refractivity contribution is 1.17. The molecule has 57 heavy (non-hydrogen) atoms. The van der Waals surface area contributed by atoms with Gasteiger partial charge in [0.1, 0.15) is 0 Å². The third-order valence-corrected chi connectivity index (χ3v) is 11.4. The summed E-state index contributed by atoms with van der Waals surface area (Å²) in [6, 6.07) is 69.0. The Morgan fingerprint density at radius 2 is 0.877 bits per heavy atom. The van der Waals surface area contributed by atoms with Gasteiger partial charge in [-0.3, -0.25) is 0 Å². The highest BCUT2D eigenvalue weighted by atomic mass is 15.2. The first-order valence-electron chi connectivity index (χ1n) is 19.8. The van der Waals surface area contributed by atoms with E-state index in [-0.39, 0.29) is 0 Å². The third-order valence-electron chi connectivity index (χ3n) is 11.4. The molecule has 274 valence electrons. The van der Waals surface area contributed by atoms with Gasteiger partial charge in [0, 0.05) is 50.0 Å². The van der Waals surface area contributed by atoms with Crippen LogP contribution in [0.5, 0.6) is 0 Å². The first-order chi connectivity index (χ1) is 27.9. The fourth-order valence-electron chi connectivity index (χ4n) is 8.74. The molecule has 0 saturated carbocycles. The summed E-state index contributed by atoms with van der Waals surface area (Å²) in [6.45, 7) is 8.80. The summed E-state index contributed by atoms with van der Waals surface area (Å²) in [5.41, 5.74) is 15.2. The van der Waals surface area contributed by atoms with Crippen LogP contribution in [-0.4, -0.2) is 4.57 Å². The van der Waals surface area contributed by atoms with Gasteiger partial charge in [-0.2, -0.15) is 0 Å². The van der Waals surface area contributed by atoms with E-state index in [0.717, 1.165) is 33.8 Å². The molecule has 3 nitrogen and oxygen atoms in total. The second kappa shape index (κ2) is 13.9. The molecule has 0 N–H and O–H groups in total. The largest absolute Gasteiger partial charge is 0.310 e. The Balaban J connectivity index is 1.34. The number of fused-ring (bicyclic) bond motifs is 5. The van der Waals surface area contributed by atoms with Gasteiger partial charge in [-0.15, -0.1) is 0 Å². The number of anilines is 6. The van der Waals surface area contributed by atoms with Crippen LogP contribution in [0.4, 0.5) is 34.1 Å². The van der Waals surface area contributed by atoms with Crippen LogP contribution in [0.3, 0.4) is 0 Å². The van der Waals surface area contributed by atoms with Gasteiger partial charge < -0.3 is 14.4 Å². The number of benzene rings is 9. The Bertz CT molecular complexity index is 3120. The van der Waals surface area contributed by atoms with Gasteiger partial charge in [-0.25, -0.2) is 0 Å². The molecule has 1 aromatic heterocycles. The second-order valence-corrected chi connectivity index (χ2v) is 15.3. The number of hydrogen-bond acceptors (Lipinski definition) is 2. The van der Waals surface area contributed by atoms with Crippen LogP contribution in [0, 0.1) is 27.7 Å². The van der Waals surface area contributed by atoms with Gasteiger partial charge in [-0.05, 0) is 121 Å². The Hall–Kier alpha value is -7.10. The normalized spacial score (nSPS) is 11.5. The Kier molecular flexibility index (Phi) is 8.38. The maximum absolute atomic E-state index is 2.50.